The van der Waals surface area contributed by atoms with Gasteiger partial charge in [0.2, 0.25) is 0 Å². The summed E-state index contributed by atoms with van der Waals surface area (Å²) in [6.45, 7) is 2.48. The largest absolute Gasteiger partial charge is 0.465 e. The second-order valence-electron chi connectivity index (χ2n) is 2.19. The van der Waals surface area contributed by atoms with E-state index in [4.69, 9.17) is 9.88 Å². The molecule has 0 aliphatic rings. The summed E-state index contributed by atoms with van der Waals surface area (Å²) in [7, 11) is 0. The summed E-state index contributed by atoms with van der Waals surface area (Å²) < 4.78 is 4.84. The van der Waals surface area contributed by atoms with E-state index >= 15 is 0 Å². The lowest BCUT2D eigenvalue weighted by Crippen LogP contribution is -2.07. The van der Waals surface area contributed by atoms with Crippen molar-refractivity contribution < 1.29 is 9.53 Å². The van der Waals surface area contributed by atoms with Crippen LogP contribution in [0, 0.1) is 0 Å². The third kappa shape index (κ3) is 7.68. The van der Waals surface area contributed by atoms with Gasteiger partial charge in [0.15, 0.2) is 0 Å². The molecule has 0 saturated heterocycles. The second-order valence-corrected chi connectivity index (χ2v) is 2.94. The van der Waals surface area contributed by atoms with Crippen LogP contribution in [0.3, 0.4) is 0 Å². The molecule has 66 valence electrons. The molecule has 0 radical (unpaired) electrons. The maximum absolute atomic E-state index is 10.8. The number of rotatable bonds is 6. The number of hydrogen-bond donors (Lipinski definition) is 1. The van der Waals surface area contributed by atoms with Crippen molar-refractivity contribution in [3.8, 4) is 0 Å². The zero-order valence-corrected chi connectivity index (χ0v) is 7.65. The van der Waals surface area contributed by atoms with Crippen LogP contribution < -0.4 is 5.14 Å². The molecule has 0 heterocycles. The summed E-state index contributed by atoms with van der Waals surface area (Å²) >= 11 is 1.19. The lowest BCUT2D eigenvalue weighted by molar-refractivity contribution is -0.143. The Morgan fingerprint density at radius 1 is 1.64 bits per heavy atom. The summed E-state index contributed by atoms with van der Waals surface area (Å²) in [6.07, 6.45) is 2.47. The average Bonchev–Trinajstić information content (AvgIpc) is 2.01. The Hall–Kier alpha value is -0.220. The minimum atomic E-state index is -0.110. The van der Waals surface area contributed by atoms with Crippen molar-refractivity contribution in [1.82, 2.24) is 0 Å². The van der Waals surface area contributed by atoms with E-state index in [0.717, 1.165) is 12.8 Å². The average molecular weight is 177 g/mol. The molecule has 0 spiro atoms. The summed E-state index contributed by atoms with van der Waals surface area (Å²) in [4.78, 5) is 10.8. The molecule has 3 nitrogen and oxygen atoms in total. The fourth-order valence-corrected chi connectivity index (χ4v) is 0.776. The topological polar surface area (TPSA) is 52.3 Å². The van der Waals surface area contributed by atoms with Crippen molar-refractivity contribution in [2.75, 3.05) is 12.4 Å². The van der Waals surface area contributed by atoms with Crippen LogP contribution in [0.5, 0.6) is 0 Å². The van der Waals surface area contributed by atoms with Crippen molar-refractivity contribution in [3.63, 3.8) is 0 Å². The fraction of sp³-hybridized carbons (Fsp3) is 0.857. The molecule has 0 rings (SSSR count). The monoisotopic (exact) mass is 177 g/mol. The van der Waals surface area contributed by atoms with Crippen molar-refractivity contribution in [2.24, 2.45) is 5.14 Å². The van der Waals surface area contributed by atoms with Crippen LogP contribution in [0.1, 0.15) is 26.2 Å². The predicted molar refractivity (Wildman–Crippen MR) is 47.1 cm³/mol. The van der Waals surface area contributed by atoms with E-state index in [1.54, 1.807) is 0 Å². The first-order valence-corrected chi connectivity index (χ1v) is 4.83. The lowest BCUT2D eigenvalue weighted by Gasteiger charge is -2.01. The van der Waals surface area contributed by atoms with Gasteiger partial charge in [-0.2, -0.15) is 0 Å². The molecule has 2 N–H and O–H groups in total. The Morgan fingerprint density at radius 3 is 2.91 bits per heavy atom. The molecule has 11 heavy (non-hydrogen) atoms. The first-order valence-electron chi connectivity index (χ1n) is 3.78. The minimum Gasteiger partial charge on any atom is -0.465 e. The molecule has 0 aromatic heterocycles. The number of unbranched alkanes of at least 4 members (excludes halogenated alkanes) is 1. The van der Waals surface area contributed by atoms with Gasteiger partial charge in [-0.05, 0) is 6.42 Å². The van der Waals surface area contributed by atoms with Crippen LogP contribution >= 0.6 is 11.9 Å². The van der Waals surface area contributed by atoms with E-state index in [2.05, 4.69) is 0 Å². The molecular weight excluding hydrogens is 162 g/mol. The molecule has 0 fully saturated rings. The first kappa shape index (κ1) is 10.8. The molecule has 4 heteroatoms. The number of hydrogen-bond acceptors (Lipinski definition) is 4. The fourth-order valence-electron chi connectivity index (χ4n) is 0.597. The summed E-state index contributed by atoms with van der Waals surface area (Å²) in [5, 5.41) is 5.14. The summed E-state index contributed by atoms with van der Waals surface area (Å²) in [6, 6.07) is 0. The number of carbonyl (C=O) groups excluding carboxylic acids is 1. The maximum atomic E-state index is 10.8. The van der Waals surface area contributed by atoms with Gasteiger partial charge >= 0.3 is 5.97 Å². The van der Waals surface area contributed by atoms with Crippen molar-refractivity contribution >= 4 is 17.9 Å². The van der Waals surface area contributed by atoms with E-state index in [0.29, 0.717) is 18.8 Å². The highest BCUT2D eigenvalue weighted by Crippen LogP contribution is 1.96. The maximum Gasteiger partial charge on any atom is 0.305 e. The van der Waals surface area contributed by atoms with Gasteiger partial charge in [-0.15, -0.1) is 0 Å². The number of esters is 1. The van der Waals surface area contributed by atoms with E-state index < -0.39 is 0 Å². The van der Waals surface area contributed by atoms with Crippen molar-refractivity contribution in [2.45, 2.75) is 26.2 Å². The molecule has 0 aliphatic carbocycles. The smallest absolute Gasteiger partial charge is 0.305 e. The predicted octanol–water partition coefficient (Wildman–Crippen LogP) is 1.33. The van der Waals surface area contributed by atoms with E-state index in [-0.39, 0.29) is 5.97 Å². The highest BCUT2D eigenvalue weighted by atomic mass is 32.2. The Bertz CT molecular complexity index is 109. The number of nitrogens with two attached hydrogens (primary N) is 1. The van der Waals surface area contributed by atoms with E-state index in [1.807, 2.05) is 6.92 Å². The van der Waals surface area contributed by atoms with E-state index in [1.165, 1.54) is 11.9 Å². The Labute approximate surface area is 71.8 Å². The zero-order chi connectivity index (χ0) is 8.53. The molecule has 0 amide bonds. The van der Waals surface area contributed by atoms with Gasteiger partial charge in [0.05, 0.1) is 0 Å². The Morgan fingerprint density at radius 2 is 2.36 bits per heavy atom. The summed E-state index contributed by atoms with van der Waals surface area (Å²) in [5.41, 5.74) is 0. The SMILES string of the molecule is CCCCC(=O)OCCSN. The highest BCUT2D eigenvalue weighted by molar-refractivity contribution is 7.97. The normalized spacial score (nSPS) is 9.64. The quantitative estimate of drug-likeness (QED) is 0.378. The third-order valence-electron chi connectivity index (χ3n) is 1.20. The molecule has 0 saturated carbocycles. The first-order chi connectivity index (χ1) is 5.31. The van der Waals surface area contributed by atoms with Crippen molar-refractivity contribution in [1.29, 1.82) is 0 Å². The standard InChI is InChI=1S/C7H15NO2S/c1-2-3-4-7(9)10-5-6-11-8/h2-6,8H2,1H3. The van der Waals surface area contributed by atoms with Gasteiger partial charge in [-0.25, -0.2) is 0 Å². The summed E-state index contributed by atoms with van der Waals surface area (Å²) in [5.74, 6) is 0.568. The van der Waals surface area contributed by atoms with Crippen LogP contribution in [0.25, 0.3) is 0 Å². The van der Waals surface area contributed by atoms with Crippen LogP contribution in [0.2, 0.25) is 0 Å². The van der Waals surface area contributed by atoms with Crippen molar-refractivity contribution in [3.05, 3.63) is 0 Å². The molecule has 0 aromatic carbocycles. The molecular formula is C7H15NO2S. The molecule has 0 unspecified atom stereocenters. The van der Waals surface area contributed by atoms with Crippen LogP contribution in [0.15, 0.2) is 0 Å². The van der Waals surface area contributed by atoms with Gasteiger partial charge in [-0.3, -0.25) is 9.93 Å². The van der Waals surface area contributed by atoms with Crippen LogP contribution in [-0.4, -0.2) is 18.3 Å². The third-order valence-corrected chi connectivity index (χ3v) is 1.60. The minimum absolute atomic E-state index is 0.110. The highest BCUT2D eigenvalue weighted by Gasteiger charge is 1.99. The molecule has 0 atom stereocenters. The van der Waals surface area contributed by atoms with Gasteiger partial charge in [0, 0.05) is 12.2 Å². The molecule has 0 aromatic rings. The van der Waals surface area contributed by atoms with Crippen LogP contribution in [-0.2, 0) is 9.53 Å². The lowest BCUT2D eigenvalue weighted by atomic mass is 10.3. The second kappa shape index (κ2) is 7.88. The van der Waals surface area contributed by atoms with Gasteiger partial charge < -0.3 is 4.74 Å². The van der Waals surface area contributed by atoms with E-state index in [9.17, 15) is 4.79 Å². The van der Waals surface area contributed by atoms with Gasteiger partial charge in [0.1, 0.15) is 6.61 Å². The van der Waals surface area contributed by atoms with Gasteiger partial charge in [0.25, 0.3) is 0 Å². The van der Waals surface area contributed by atoms with Gasteiger partial charge in [-0.1, -0.05) is 25.3 Å². The number of ether oxygens (including phenoxy) is 1. The molecule has 0 bridgehead atoms. The molecule has 0 aliphatic heterocycles. The Kier molecular flexibility index (Phi) is 7.72. The number of carbonyl (C=O) groups is 1. The Balaban J connectivity index is 3.09. The van der Waals surface area contributed by atoms with Crippen LogP contribution in [0.4, 0.5) is 0 Å². The zero-order valence-electron chi connectivity index (χ0n) is 6.84.